The summed E-state index contributed by atoms with van der Waals surface area (Å²) in [5, 5.41) is 0. The summed E-state index contributed by atoms with van der Waals surface area (Å²) in [7, 11) is 0. The summed E-state index contributed by atoms with van der Waals surface area (Å²) < 4.78 is 0. The van der Waals surface area contributed by atoms with E-state index in [0.717, 1.165) is 31.6 Å². The van der Waals surface area contributed by atoms with Crippen molar-refractivity contribution in [3.8, 4) is 0 Å². The molecule has 0 radical (unpaired) electrons. The van der Waals surface area contributed by atoms with Gasteiger partial charge in [-0.15, -0.1) is 0 Å². The molecular formula is C26H31N3O. The number of carbonyl (C=O) groups excluding carboxylic acids is 1. The molecule has 4 nitrogen and oxygen atoms in total. The van der Waals surface area contributed by atoms with Gasteiger partial charge in [0.15, 0.2) is 0 Å². The molecule has 0 bridgehead atoms. The lowest BCUT2D eigenvalue weighted by Gasteiger charge is -2.18. The van der Waals surface area contributed by atoms with Gasteiger partial charge >= 0.3 is 0 Å². The van der Waals surface area contributed by atoms with Gasteiger partial charge in [-0.1, -0.05) is 36.4 Å². The van der Waals surface area contributed by atoms with Gasteiger partial charge in [0.1, 0.15) is 0 Å². The largest absolute Gasteiger partial charge is 0.341 e. The molecular weight excluding hydrogens is 370 g/mol. The summed E-state index contributed by atoms with van der Waals surface area (Å²) >= 11 is 0. The molecule has 1 aliphatic carbocycles. The van der Waals surface area contributed by atoms with Crippen LogP contribution in [0.3, 0.4) is 0 Å². The number of carbonyl (C=O) groups is 1. The maximum Gasteiger partial charge on any atom is 0.228 e. The topological polar surface area (TPSA) is 36.4 Å². The molecule has 2 fully saturated rings. The molecule has 3 aliphatic rings. The minimum Gasteiger partial charge on any atom is -0.341 e. The number of amides is 1. The standard InChI is InChI=1S/C26H31N3O/c30-26(17-23-5-1-2-13-27-23)29-18-22-10-11-24(25(22)19-29)21-8-6-20(7-9-21)12-16-28-14-3-4-15-28/h1-2,5-9,11,13,22,25H,3-4,10,12,14-19H2. The summed E-state index contributed by atoms with van der Waals surface area (Å²) in [5.74, 6) is 1.26. The van der Waals surface area contributed by atoms with E-state index in [0.29, 0.717) is 18.3 Å². The van der Waals surface area contributed by atoms with E-state index < -0.39 is 0 Å². The Hall–Kier alpha value is -2.46. The predicted octanol–water partition coefficient (Wildman–Crippen LogP) is 3.82. The summed E-state index contributed by atoms with van der Waals surface area (Å²) in [6, 6.07) is 15.0. The molecule has 0 N–H and O–H groups in total. The van der Waals surface area contributed by atoms with Crippen LogP contribution >= 0.6 is 0 Å². The van der Waals surface area contributed by atoms with Gasteiger partial charge in [0, 0.05) is 37.4 Å². The van der Waals surface area contributed by atoms with Gasteiger partial charge in [-0.25, -0.2) is 0 Å². The number of pyridine rings is 1. The second kappa shape index (κ2) is 8.73. The summed E-state index contributed by atoms with van der Waals surface area (Å²) in [4.78, 5) is 21.7. The van der Waals surface area contributed by atoms with Crippen LogP contribution in [-0.4, -0.2) is 53.4 Å². The minimum absolute atomic E-state index is 0.208. The van der Waals surface area contributed by atoms with Crippen LogP contribution in [0.5, 0.6) is 0 Å². The average molecular weight is 402 g/mol. The molecule has 0 saturated carbocycles. The van der Waals surface area contributed by atoms with E-state index in [1.54, 1.807) is 6.20 Å². The first kappa shape index (κ1) is 19.5. The number of rotatable bonds is 6. The highest BCUT2D eigenvalue weighted by atomic mass is 16.2. The van der Waals surface area contributed by atoms with Crippen molar-refractivity contribution in [2.24, 2.45) is 11.8 Å². The van der Waals surface area contributed by atoms with Gasteiger partial charge in [0.25, 0.3) is 0 Å². The van der Waals surface area contributed by atoms with Crippen LogP contribution in [0.1, 0.15) is 36.1 Å². The Kier molecular flexibility index (Phi) is 5.67. The molecule has 156 valence electrons. The number of benzene rings is 1. The Bertz CT molecular complexity index is 900. The maximum absolute atomic E-state index is 12.8. The third kappa shape index (κ3) is 4.20. The molecule has 2 aliphatic heterocycles. The summed E-state index contributed by atoms with van der Waals surface area (Å²) in [6.07, 6.45) is 9.52. The van der Waals surface area contributed by atoms with Crippen molar-refractivity contribution in [3.63, 3.8) is 0 Å². The van der Waals surface area contributed by atoms with Crippen LogP contribution in [-0.2, 0) is 17.6 Å². The fraction of sp³-hybridized carbons (Fsp3) is 0.462. The van der Waals surface area contributed by atoms with E-state index in [1.165, 1.54) is 49.2 Å². The molecule has 1 amide bonds. The van der Waals surface area contributed by atoms with Gasteiger partial charge in [-0.2, -0.15) is 0 Å². The second-order valence-electron chi connectivity index (χ2n) is 9.05. The Balaban J connectivity index is 1.19. The third-order valence-electron chi connectivity index (χ3n) is 7.09. The Morgan fingerprint density at radius 3 is 2.63 bits per heavy atom. The third-order valence-corrected chi connectivity index (χ3v) is 7.09. The van der Waals surface area contributed by atoms with Crippen LogP contribution < -0.4 is 0 Å². The second-order valence-corrected chi connectivity index (χ2v) is 9.05. The zero-order valence-corrected chi connectivity index (χ0v) is 17.7. The lowest BCUT2D eigenvalue weighted by molar-refractivity contribution is -0.129. The molecule has 2 atom stereocenters. The van der Waals surface area contributed by atoms with Gasteiger partial charge in [0.2, 0.25) is 5.91 Å². The van der Waals surface area contributed by atoms with Crippen LogP contribution in [0.4, 0.5) is 0 Å². The van der Waals surface area contributed by atoms with Crippen molar-refractivity contribution in [2.45, 2.75) is 32.1 Å². The zero-order chi connectivity index (χ0) is 20.3. The first-order valence-corrected chi connectivity index (χ1v) is 11.5. The molecule has 4 heteroatoms. The monoisotopic (exact) mass is 401 g/mol. The molecule has 3 heterocycles. The number of hydrogen-bond acceptors (Lipinski definition) is 3. The van der Waals surface area contributed by atoms with Crippen molar-refractivity contribution in [3.05, 3.63) is 71.6 Å². The Morgan fingerprint density at radius 2 is 1.87 bits per heavy atom. The van der Waals surface area contributed by atoms with E-state index in [1.807, 2.05) is 18.2 Å². The van der Waals surface area contributed by atoms with Crippen molar-refractivity contribution < 1.29 is 4.79 Å². The zero-order valence-electron chi connectivity index (χ0n) is 17.7. The van der Waals surface area contributed by atoms with E-state index >= 15 is 0 Å². The van der Waals surface area contributed by atoms with Crippen molar-refractivity contribution in [2.75, 3.05) is 32.7 Å². The molecule has 2 aromatic rings. The fourth-order valence-corrected chi connectivity index (χ4v) is 5.35. The lowest BCUT2D eigenvalue weighted by atomic mass is 9.90. The quantitative estimate of drug-likeness (QED) is 0.738. The minimum atomic E-state index is 0.208. The summed E-state index contributed by atoms with van der Waals surface area (Å²) in [6.45, 7) is 5.44. The van der Waals surface area contributed by atoms with E-state index in [9.17, 15) is 4.79 Å². The SMILES string of the molecule is O=C(Cc1ccccn1)N1CC2CC=C(c3ccc(CCN4CCCC4)cc3)C2C1. The van der Waals surface area contributed by atoms with Gasteiger partial charge in [0.05, 0.1) is 6.42 Å². The molecule has 2 saturated heterocycles. The molecule has 1 aromatic heterocycles. The molecule has 0 spiro atoms. The molecule has 5 rings (SSSR count). The normalized spacial score (nSPS) is 23.6. The number of nitrogens with zero attached hydrogens (tertiary/aromatic N) is 3. The smallest absolute Gasteiger partial charge is 0.228 e. The highest BCUT2D eigenvalue weighted by Crippen LogP contribution is 2.43. The van der Waals surface area contributed by atoms with Gasteiger partial charge < -0.3 is 9.80 Å². The Labute approximate surface area is 179 Å². The van der Waals surface area contributed by atoms with Crippen LogP contribution in [0.15, 0.2) is 54.7 Å². The van der Waals surface area contributed by atoms with E-state index in [4.69, 9.17) is 0 Å². The van der Waals surface area contributed by atoms with Crippen LogP contribution in [0, 0.1) is 11.8 Å². The van der Waals surface area contributed by atoms with Gasteiger partial charge in [-0.3, -0.25) is 9.78 Å². The maximum atomic E-state index is 12.8. The van der Waals surface area contributed by atoms with E-state index in [2.05, 4.69) is 45.1 Å². The van der Waals surface area contributed by atoms with Crippen molar-refractivity contribution >= 4 is 11.5 Å². The number of likely N-dealkylation sites (tertiary alicyclic amines) is 2. The first-order valence-electron chi connectivity index (χ1n) is 11.5. The molecule has 30 heavy (non-hydrogen) atoms. The van der Waals surface area contributed by atoms with Crippen LogP contribution in [0.25, 0.3) is 5.57 Å². The van der Waals surface area contributed by atoms with Crippen molar-refractivity contribution in [1.29, 1.82) is 0 Å². The number of fused-ring (bicyclic) bond motifs is 1. The van der Waals surface area contributed by atoms with E-state index in [-0.39, 0.29) is 5.91 Å². The fourth-order valence-electron chi connectivity index (χ4n) is 5.35. The van der Waals surface area contributed by atoms with Crippen LogP contribution in [0.2, 0.25) is 0 Å². The highest BCUT2D eigenvalue weighted by Gasteiger charge is 2.40. The summed E-state index contributed by atoms with van der Waals surface area (Å²) in [5.41, 5.74) is 5.07. The number of allylic oxidation sites excluding steroid dienone is 1. The lowest BCUT2D eigenvalue weighted by Crippen LogP contribution is -2.31. The molecule has 1 aromatic carbocycles. The Morgan fingerprint density at radius 1 is 1.03 bits per heavy atom. The average Bonchev–Trinajstić information content (AvgIpc) is 3.51. The molecule has 2 unspecified atom stereocenters. The first-order chi connectivity index (χ1) is 14.8. The highest BCUT2D eigenvalue weighted by molar-refractivity contribution is 5.80. The van der Waals surface area contributed by atoms with Crippen molar-refractivity contribution in [1.82, 2.24) is 14.8 Å². The predicted molar refractivity (Wildman–Crippen MR) is 120 cm³/mol. The number of hydrogen-bond donors (Lipinski definition) is 0. The number of aromatic nitrogens is 1. The van der Waals surface area contributed by atoms with Gasteiger partial charge in [-0.05, 0) is 73.5 Å².